The van der Waals surface area contributed by atoms with E-state index in [0.29, 0.717) is 0 Å². The van der Waals surface area contributed by atoms with Crippen LogP contribution in [0.25, 0.3) is 0 Å². The van der Waals surface area contributed by atoms with E-state index in [9.17, 15) is 14.4 Å². The molecule has 0 heterocycles. The first-order chi connectivity index (χ1) is 3.06. The number of hydrogen-bond donors (Lipinski definition) is 0. The van der Waals surface area contributed by atoms with Crippen molar-refractivity contribution in [3.8, 4) is 0 Å². The molecule has 6 heteroatoms. The summed E-state index contributed by atoms with van der Waals surface area (Å²) in [5.41, 5.74) is 0. The number of hydrogen-bond acceptors (Lipinski definition) is 4. The van der Waals surface area contributed by atoms with Crippen LogP contribution in [0.2, 0.25) is 0 Å². The van der Waals surface area contributed by atoms with E-state index >= 15 is 0 Å². The summed E-state index contributed by atoms with van der Waals surface area (Å²) in [5, 5.41) is 0. The van der Waals surface area contributed by atoms with Crippen LogP contribution in [0.15, 0.2) is 0 Å². The standard InChI is InChI=1S/C2H5O4Si.Pb.H/c1-2-6-7(3,4)5;;/h2H2,1H3;;/q-3;+3;. The van der Waals surface area contributed by atoms with Crippen molar-refractivity contribution < 1.29 is 18.8 Å². The van der Waals surface area contributed by atoms with Crippen LogP contribution in [0.1, 0.15) is 6.92 Å². The van der Waals surface area contributed by atoms with Crippen molar-refractivity contribution in [3.05, 3.63) is 0 Å². The second-order valence-electron chi connectivity index (χ2n) is 0.933. The van der Waals surface area contributed by atoms with Gasteiger partial charge in [0.25, 0.3) is 0 Å². The molecule has 0 amide bonds. The maximum atomic E-state index is 9.51. The van der Waals surface area contributed by atoms with E-state index in [2.05, 4.69) is 4.43 Å². The van der Waals surface area contributed by atoms with E-state index in [4.69, 9.17) is 0 Å². The summed E-state index contributed by atoms with van der Waals surface area (Å²) in [4.78, 5) is 28.5. The molecule has 0 radical (unpaired) electrons. The van der Waals surface area contributed by atoms with E-state index in [-0.39, 0.29) is 33.9 Å². The van der Waals surface area contributed by atoms with Gasteiger partial charge >= 0.3 is 27.3 Å². The fourth-order valence-corrected chi connectivity index (χ4v) is 0.530. The van der Waals surface area contributed by atoms with Crippen LogP contribution in [0.4, 0.5) is 0 Å². The molecular weight excluding hydrogens is 323 g/mol. The van der Waals surface area contributed by atoms with E-state index in [1.807, 2.05) is 0 Å². The normalized spacial score (nSPS) is 10.5. The van der Waals surface area contributed by atoms with Gasteiger partial charge in [-0.3, -0.25) is 0 Å². The molecule has 0 bridgehead atoms. The molecule has 8 heavy (non-hydrogen) atoms. The molecule has 0 N–H and O–H groups in total. The molecule has 0 rings (SSSR count). The van der Waals surface area contributed by atoms with Gasteiger partial charge in [0.2, 0.25) is 0 Å². The Morgan fingerprint density at radius 2 is 1.75 bits per heavy atom. The van der Waals surface area contributed by atoms with Gasteiger partial charge in [0.15, 0.2) is 0 Å². The van der Waals surface area contributed by atoms with Crippen molar-refractivity contribution >= 4 is 36.3 Å². The topological polar surface area (TPSA) is 78.4 Å². The average molecular weight is 329 g/mol. The van der Waals surface area contributed by atoms with Crippen molar-refractivity contribution in [2.75, 3.05) is 6.61 Å². The summed E-state index contributed by atoms with van der Waals surface area (Å²) in [6.45, 7) is 1.37. The summed E-state index contributed by atoms with van der Waals surface area (Å²) < 4.78 is 3.70. The van der Waals surface area contributed by atoms with Gasteiger partial charge in [-0.05, 0) is 6.92 Å². The predicted octanol–water partition coefficient (Wildman–Crippen LogP) is -4.11. The fraction of sp³-hybridized carbons (Fsp3) is 1.00. The van der Waals surface area contributed by atoms with Crippen molar-refractivity contribution in [2.45, 2.75) is 6.92 Å². The van der Waals surface area contributed by atoms with Crippen molar-refractivity contribution in [3.63, 3.8) is 0 Å². The Hall–Kier alpha value is 0.979. The molecule has 4 nitrogen and oxygen atoms in total. The first-order valence-electron chi connectivity index (χ1n) is 1.81. The molecule has 0 saturated heterocycles. The second-order valence-corrected chi connectivity index (χ2v) is 2.22. The first-order valence-corrected chi connectivity index (χ1v) is 3.45. The first kappa shape index (κ1) is 11.7. The van der Waals surface area contributed by atoms with Crippen LogP contribution < -0.4 is 14.4 Å². The molecular formula is C2H6O4PbSi. The third-order valence-electron chi connectivity index (χ3n) is 0.321. The molecule has 0 aliphatic rings. The summed E-state index contributed by atoms with van der Waals surface area (Å²) >= 11 is 0. The molecule has 0 aliphatic carbocycles. The third-order valence-corrected chi connectivity index (χ3v) is 0.963. The molecule has 46 valence electrons. The van der Waals surface area contributed by atoms with Crippen molar-refractivity contribution in [1.82, 2.24) is 0 Å². The predicted molar refractivity (Wildman–Crippen MR) is 24.5 cm³/mol. The summed E-state index contributed by atoms with van der Waals surface area (Å²) in [6.07, 6.45) is 0. The average Bonchev–Trinajstić information content (AvgIpc) is 1.30. The Balaban J connectivity index is 0. The molecule has 0 spiro atoms. The van der Waals surface area contributed by atoms with Gasteiger partial charge in [-0.25, -0.2) is 0 Å². The Kier molecular flexibility index (Phi) is 7.07. The monoisotopic (exact) mass is 330 g/mol. The van der Waals surface area contributed by atoms with Crippen molar-refractivity contribution in [1.29, 1.82) is 0 Å². The Morgan fingerprint density at radius 3 is 1.75 bits per heavy atom. The molecule has 0 saturated carbocycles. The van der Waals surface area contributed by atoms with Gasteiger partial charge in [-0.2, -0.15) is 0 Å². The Morgan fingerprint density at radius 1 is 1.38 bits per heavy atom. The van der Waals surface area contributed by atoms with E-state index in [1.54, 1.807) is 0 Å². The number of rotatable bonds is 2. The second kappa shape index (κ2) is 4.82. The summed E-state index contributed by atoms with van der Waals surface area (Å²) in [5.74, 6) is 0. The zero-order valence-electron chi connectivity index (χ0n) is 4.42. The van der Waals surface area contributed by atoms with Gasteiger partial charge in [0, 0.05) is 6.61 Å². The zero-order chi connectivity index (χ0) is 5.91. The molecule has 0 fully saturated rings. The third kappa shape index (κ3) is 10.1. The van der Waals surface area contributed by atoms with Gasteiger partial charge in [0.05, 0.1) is 0 Å². The molecule has 0 aliphatic heterocycles. The fourth-order valence-electron chi connectivity index (χ4n) is 0.177. The minimum absolute atomic E-state index is 0. The summed E-state index contributed by atoms with van der Waals surface area (Å²) in [6, 6.07) is 0. The maximum absolute atomic E-state index is 9.51. The molecule has 0 aromatic heterocycles. The Labute approximate surface area is 68.8 Å². The summed E-state index contributed by atoms with van der Waals surface area (Å²) in [7, 11) is -4.91. The molecule has 0 unspecified atom stereocenters. The van der Waals surface area contributed by atoms with Crippen LogP contribution in [0, 0.1) is 0 Å². The SMILES string of the molecule is CCO[Si]([O-])([O-])[O-].[PbH+3]. The quantitative estimate of drug-likeness (QED) is 0.483. The molecule has 0 atom stereocenters. The minimum atomic E-state index is -4.91. The van der Waals surface area contributed by atoms with Gasteiger partial charge in [0.1, 0.15) is 0 Å². The van der Waals surface area contributed by atoms with E-state index in [0.717, 1.165) is 0 Å². The molecule has 0 aromatic rings. The van der Waals surface area contributed by atoms with Gasteiger partial charge in [-0.15, -0.1) is 9.05 Å². The van der Waals surface area contributed by atoms with E-state index < -0.39 is 9.05 Å². The zero-order valence-corrected chi connectivity index (χ0v) is 9.91. The van der Waals surface area contributed by atoms with Gasteiger partial charge < -0.3 is 18.8 Å². The van der Waals surface area contributed by atoms with Crippen LogP contribution in [-0.4, -0.2) is 43.0 Å². The van der Waals surface area contributed by atoms with Crippen LogP contribution in [-0.2, 0) is 4.43 Å². The van der Waals surface area contributed by atoms with E-state index in [1.165, 1.54) is 6.92 Å². The van der Waals surface area contributed by atoms with Crippen molar-refractivity contribution in [2.24, 2.45) is 0 Å². The molecule has 0 aromatic carbocycles. The van der Waals surface area contributed by atoms with Crippen LogP contribution in [0.5, 0.6) is 0 Å². The van der Waals surface area contributed by atoms with Gasteiger partial charge in [-0.1, -0.05) is 0 Å². The van der Waals surface area contributed by atoms with Crippen LogP contribution in [0.3, 0.4) is 0 Å². The Bertz CT molecular complexity index is 52.5. The van der Waals surface area contributed by atoms with Crippen LogP contribution >= 0.6 is 0 Å².